The van der Waals surface area contributed by atoms with Crippen molar-refractivity contribution in [1.29, 1.82) is 5.26 Å². The van der Waals surface area contributed by atoms with E-state index in [1.807, 2.05) is 31.2 Å². The van der Waals surface area contributed by atoms with Gasteiger partial charge in [-0.15, -0.1) is 6.42 Å². The van der Waals surface area contributed by atoms with Gasteiger partial charge in [0.2, 0.25) is 5.91 Å². The van der Waals surface area contributed by atoms with Gasteiger partial charge in [-0.1, -0.05) is 12.0 Å². The summed E-state index contributed by atoms with van der Waals surface area (Å²) in [5.41, 5.74) is 0.787. The van der Waals surface area contributed by atoms with Crippen LogP contribution in [0, 0.1) is 29.7 Å². The van der Waals surface area contributed by atoms with Gasteiger partial charge >= 0.3 is 0 Å². The van der Waals surface area contributed by atoms with Crippen molar-refractivity contribution in [2.75, 3.05) is 11.9 Å². The van der Waals surface area contributed by atoms with Crippen molar-refractivity contribution in [2.45, 2.75) is 19.4 Å². The quantitative estimate of drug-likeness (QED) is 0.683. The van der Waals surface area contributed by atoms with Crippen molar-refractivity contribution in [3.05, 3.63) is 36.0 Å². The molecular weight excluding hydrogens is 288 g/mol. The third-order valence-electron chi connectivity index (χ3n) is 4.36. The Morgan fingerprint density at radius 3 is 2.96 bits per heavy atom. The van der Waals surface area contributed by atoms with Crippen molar-refractivity contribution in [3.63, 3.8) is 0 Å². The molecule has 1 N–H and O–H groups in total. The smallest absolute Gasteiger partial charge is 0.230 e. The highest BCUT2D eigenvalue weighted by atomic mass is 16.2. The highest BCUT2D eigenvalue weighted by molar-refractivity contribution is 5.94. The average molecular weight is 304 g/mol. The summed E-state index contributed by atoms with van der Waals surface area (Å²) in [6.45, 7) is 2.51. The summed E-state index contributed by atoms with van der Waals surface area (Å²) in [4.78, 5) is 18.3. The normalized spacial score (nSPS) is 20.0. The van der Waals surface area contributed by atoms with Crippen LogP contribution in [-0.4, -0.2) is 28.4 Å². The lowest BCUT2D eigenvalue weighted by molar-refractivity contribution is -0.120. The largest absolute Gasteiger partial charge is 0.310 e. The van der Waals surface area contributed by atoms with Gasteiger partial charge in [-0.05, 0) is 36.9 Å². The Morgan fingerprint density at radius 1 is 1.43 bits per heavy atom. The second-order valence-electron chi connectivity index (χ2n) is 5.69. The Hall–Kier alpha value is -3.05. The first-order chi connectivity index (χ1) is 11.1. The molecule has 1 aliphatic rings. The minimum absolute atomic E-state index is 0.0894. The maximum Gasteiger partial charge on any atom is 0.230 e. The predicted molar refractivity (Wildman–Crippen MR) is 88.2 cm³/mol. The molecule has 1 saturated heterocycles. The Morgan fingerprint density at radius 2 is 2.26 bits per heavy atom. The molecule has 0 radical (unpaired) electrons. The van der Waals surface area contributed by atoms with Crippen molar-refractivity contribution < 1.29 is 4.79 Å². The minimum Gasteiger partial charge on any atom is -0.310 e. The fourth-order valence-corrected chi connectivity index (χ4v) is 2.95. The molecule has 2 unspecified atom stereocenters. The molecule has 1 amide bonds. The van der Waals surface area contributed by atoms with Gasteiger partial charge in [-0.25, -0.2) is 4.98 Å². The van der Waals surface area contributed by atoms with Crippen LogP contribution in [0.2, 0.25) is 0 Å². The summed E-state index contributed by atoms with van der Waals surface area (Å²) in [6, 6.07) is 7.39. The van der Waals surface area contributed by atoms with Gasteiger partial charge < -0.3 is 10.2 Å². The molecule has 0 saturated carbocycles. The molecule has 114 valence electrons. The van der Waals surface area contributed by atoms with Crippen molar-refractivity contribution >= 4 is 22.5 Å². The van der Waals surface area contributed by atoms with Gasteiger partial charge in [0.05, 0.1) is 5.92 Å². The lowest BCUT2D eigenvalue weighted by Crippen LogP contribution is -2.33. The molecule has 1 aromatic heterocycles. The van der Waals surface area contributed by atoms with E-state index in [0.29, 0.717) is 18.8 Å². The molecule has 5 nitrogen and oxygen atoms in total. The fourth-order valence-electron chi connectivity index (χ4n) is 2.95. The molecule has 2 atom stereocenters. The maximum absolute atomic E-state index is 12.4. The zero-order valence-corrected chi connectivity index (χ0v) is 12.8. The number of hydrogen-bond donors (Lipinski definition) is 1. The highest BCUT2D eigenvalue weighted by Gasteiger charge is 2.35. The Balaban J connectivity index is 1.80. The molecule has 2 heterocycles. The number of fused-ring (bicyclic) bond motifs is 1. The number of carbonyl (C=O) groups is 1. The molecule has 0 bridgehead atoms. The summed E-state index contributed by atoms with van der Waals surface area (Å²) in [6.07, 6.45) is 9.92. The fraction of sp³-hybridized carbons (Fsp3) is 0.278. The summed E-state index contributed by atoms with van der Waals surface area (Å²) in [5, 5.41) is 13.8. The maximum atomic E-state index is 12.4. The van der Waals surface area contributed by atoms with E-state index in [1.54, 1.807) is 11.1 Å². The van der Waals surface area contributed by atoms with Gasteiger partial charge in [0, 0.05) is 29.7 Å². The summed E-state index contributed by atoms with van der Waals surface area (Å²) >= 11 is 0. The molecule has 1 aromatic carbocycles. The van der Waals surface area contributed by atoms with Crippen LogP contribution >= 0.6 is 0 Å². The van der Waals surface area contributed by atoms with E-state index < -0.39 is 0 Å². The number of likely N-dealkylation sites (tertiary alicyclic amines) is 1. The number of carbonyl (C=O) groups excluding carboxylic acids is 1. The number of rotatable bonds is 2. The zero-order valence-electron chi connectivity index (χ0n) is 12.8. The molecule has 0 spiro atoms. The van der Waals surface area contributed by atoms with Crippen LogP contribution in [0.3, 0.4) is 0 Å². The van der Waals surface area contributed by atoms with Gasteiger partial charge in [0.25, 0.3) is 0 Å². The number of anilines is 1. The summed E-state index contributed by atoms with van der Waals surface area (Å²) < 4.78 is 0. The van der Waals surface area contributed by atoms with Crippen LogP contribution in [0.1, 0.15) is 18.9 Å². The predicted octanol–water partition coefficient (Wildman–Crippen LogP) is 2.35. The van der Waals surface area contributed by atoms with E-state index in [0.717, 1.165) is 16.3 Å². The molecule has 5 heteroatoms. The number of hydrogen-bond acceptors (Lipinski definition) is 4. The van der Waals surface area contributed by atoms with E-state index in [-0.39, 0.29) is 17.9 Å². The van der Waals surface area contributed by atoms with E-state index in [4.69, 9.17) is 11.7 Å². The van der Waals surface area contributed by atoms with E-state index in [9.17, 15) is 4.79 Å². The summed E-state index contributed by atoms with van der Waals surface area (Å²) in [5.74, 6) is 2.79. The van der Waals surface area contributed by atoms with Crippen LogP contribution in [-0.2, 0) is 4.79 Å². The molecule has 0 aliphatic carbocycles. The zero-order chi connectivity index (χ0) is 16.4. The van der Waals surface area contributed by atoms with Crippen LogP contribution in [0.5, 0.6) is 0 Å². The Kier molecular flexibility index (Phi) is 3.87. The van der Waals surface area contributed by atoms with Crippen LogP contribution in [0.25, 0.3) is 10.8 Å². The van der Waals surface area contributed by atoms with Gasteiger partial charge in [0.1, 0.15) is 5.82 Å². The lowest BCUT2D eigenvalue weighted by Gasteiger charge is -2.18. The first kappa shape index (κ1) is 14.9. The van der Waals surface area contributed by atoms with E-state index in [1.165, 1.54) is 0 Å². The van der Waals surface area contributed by atoms with Crippen molar-refractivity contribution in [1.82, 2.24) is 9.88 Å². The van der Waals surface area contributed by atoms with Gasteiger partial charge in [-0.3, -0.25) is 4.79 Å². The van der Waals surface area contributed by atoms with E-state index in [2.05, 4.69) is 22.4 Å². The molecule has 1 aliphatic heterocycles. The number of nitriles is 1. The van der Waals surface area contributed by atoms with Crippen LogP contribution < -0.4 is 5.32 Å². The minimum atomic E-state index is -0.204. The Labute approximate surface area is 134 Å². The first-order valence-corrected chi connectivity index (χ1v) is 7.46. The first-order valence-electron chi connectivity index (χ1n) is 7.46. The molecule has 23 heavy (non-hydrogen) atoms. The standard InChI is InChI=1S/C18H16N4O/c1-3-13-4-5-14-10-20-17(9-15(14)8-13)21-18(23)16-6-7-22(11-19)12(16)2/h1,4-5,8-10,12,16H,6-7H2,2H3,(H,20,21,23). The lowest BCUT2D eigenvalue weighted by atomic mass is 10.0. The monoisotopic (exact) mass is 304 g/mol. The number of amides is 1. The number of terminal acetylenes is 1. The van der Waals surface area contributed by atoms with Crippen LogP contribution in [0.4, 0.5) is 5.82 Å². The number of pyridine rings is 1. The molecular formula is C18H16N4O. The second kappa shape index (κ2) is 5.98. The number of aromatic nitrogens is 1. The topological polar surface area (TPSA) is 69.0 Å². The SMILES string of the molecule is C#Cc1ccc2cnc(NC(=O)C3CCN(C#N)C3C)cc2c1. The second-order valence-corrected chi connectivity index (χ2v) is 5.69. The molecule has 3 rings (SSSR count). The summed E-state index contributed by atoms with van der Waals surface area (Å²) in [7, 11) is 0. The van der Waals surface area contributed by atoms with Gasteiger partial charge in [-0.2, -0.15) is 5.26 Å². The van der Waals surface area contributed by atoms with E-state index >= 15 is 0 Å². The van der Waals surface area contributed by atoms with Crippen molar-refractivity contribution in [2.24, 2.45) is 5.92 Å². The molecule has 1 fully saturated rings. The number of nitrogens with one attached hydrogen (secondary N) is 1. The van der Waals surface area contributed by atoms with Crippen LogP contribution in [0.15, 0.2) is 30.5 Å². The number of benzene rings is 1. The third-order valence-corrected chi connectivity index (χ3v) is 4.36. The van der Waals surface area contributed by atoms with Crippen molar-refractivity contribution in [3.8, 4) is 18.5 Å². The number of nitrogens with zero attached hydrogens (tertiary/aromatic N) is 3. The average Bonchev–Trinajstić information content (AvgIpc) is 2.94. The molecule has 2 aromatic rings. The highest BCUT2D eigenvalue weighted by Crippen LogP contribution is 2.25. The third kappa shape index (κ3) is 2.82. The Bertz CT molecular complexity index is 846. The van der Waals surface area contributed by atoms with Gasteiger partial charge in [0.15, 0.2) is 6.19 Å².